The largest absolute Gasteiger partial charge is 0.396 e. The van der Waals surface area contributed by atoms with Gasteiger partial charge in [0.25, 0.3) is 0 Å². The normalized spacial score (nSPS) is 25.3. The lowest BCUT2D eigenvalue weighted by molar-refractivity contribution is 0.172. The van der Waals surface area contributed by atoms with Crippen LogP contribution in [-0.4, -0.2) is 17.8 Å². The maximum Gasteiger partial charge on any atom is 0.126 e. The highest BCUT2D eigenvalue weighted by atomic mass is 19.1. The van der Waals surface area contributed by atoms with Gasteiger partial charge < -0.3 is 10.4 Å². The van der Waals surface area contributed by atoms with Gasteiger partial charge in [-0.05, 0) is 56.2 Å². The number of hydrogen-bond acceptors (Lipinski definition) is 2. The Bertz CT molecular complexity index is 396. The van der Waals surface area contributed by atoms with Gasteiger partial charge in [-0.3, -0.25) is 0 Å². The lowest BCUT2D eigenvalue weighted by Gasteiger charge is -2.30. The molecule has 19 heavy (non-hydrogen) atoms. The Morgan fingerprint density at radius 1 is 1.16 bits per heavy atom. The predicted molar refractivity (Wildman–Crippen MR) is 70.7 cm³/mol. The molecule has 0 aromatic heterocycles. The molecule has 106 valence electrons. The monoisotopic (exact) mass is 269 g/mol. The highest BCUT2D eigenvalue weighted by Gasteiger charge is 2.22. The van der Waals surface area contributed by atoms with E-state index in [0.717, 1.165) is 31.7 Å². The fourth-order valence-electron chi connectivity index (χ4n) is 2.79. The Morgan fingerprint density at radius 2 is 1.74 bits per heavy atom. The van der Waals surface area contributed by atoms with E-state index in [1.807, 2.05) is 6.92 Å². The first-order valence-corrected chi connectivity index (χ1v) is 6.91. The van der Waals surface area contributed by atoms with Crippen LogP contribution in [0.2, 0.25) is 0 Å². The number of aliphatic hydroxyl groups excluding tert-OH is 1. The topological polar surface area (TPSA) is 32.3 Å². The van der Waals surface area contributed by atoms with Crippen LogP contribution in [0.3, 0.4) is 0 Å². The van der Waals surface area contributed by atoms with Crippen LogP contribution >= 0.6 is 0 Å². The smallest absolute Gasteiger partial charge is 0.126 e. The zero-order valence-electron chi connectivity index (χ0n) is 11.2. The first-order chi connectivity index (χ1) is 9.08. The highest BCUT2D eigenvalue weighted by molar-refractivity contribution is 5.21. The predicted octanol–water partition coefficient (Wildman–Crippen LogP) is 3.17. The van der Waals surface area contributed by atoms with Gasteiger partial charge >= 0.3 is 0 Å². The van der Waals surface area contributed by atoms with Gasteiger partial charge in [-0.15, -0.1) is 0 Å². The van der Waals surface area contributed by atoms with Gasteiger partial charge in [0.1, 0.15) is 11.6 Å². The van der Waals surface area contributed by atoms with Crippen molar-refractivity contribution in [2.24, 2.45) is 5.92 Å². The number of halogens is 2. The fraction of sp³-hybridized carbons (Fsp3) is 0.600. The molecule has 0 saturated heterocycles. The zero-order valence-corrected chi connectivity index (χ0v) is 11.2. The molecule has 2 rings (SSSR count). The maximum absolute atomic E-state index is 13.2. The van der Waals surface area contributed by atoms with Crippen molar-refractivity contribution in [2.45, 2.75) is 44.7 Å². The molecule has 0 bridgehead atoms. The fourth-order valence-corrected chi connectivity index (χ4v) is 2.79. The first-order valence-electron chi connectivity index (χ1n) is 6.91. The van der Waals surface area contributed by atoms with E-state index < -0.39 is 11.6 Å². The minimum absolute atomic E-state index is 0.0686. The van der Waals surface area contributed by atoms with Gasteiger partial charge in [-0.1, -0.05) is 0 Å². The molecule has 0 aliphatic heterocycles. The number of rotatable bonds is 4. The van der Waals surface area contributed by atoms with E-state index >= 15 is 0 Å². The van der Waals surface area contributed by atoms with Crippen molar-refractivity contribution in [1.82, 2.24) is 5.32 Å². The molecule has 1 saturated carbocycles. The molecule has 2 N–H and O–H groups in total. The van der Waals surface area contributed by atoms with E-state index in [4.69, 9.17) is 5.11 Å². The molecule has 0 radical (unpaired) electrons. The molecule has 0 spiro atoms. The second kappa shape index (κ2) is 6.44. The number of aliphatic hydroxyl groups is 1. The summed E-state index contributed by atoms with van der Waals surface area (Å²) >= 11 is 0. The molecular weight excluding hydrogens is 248 g/mol. The standard InChI is InChI=1S/C15H21F2NO/c1-10(12-6-13(16)8-14(17)7-12)18-15-4-2-11(9-19)3-5-15/h6-8,10-11,15,18-19H,2-5,9H2,1H3. The van der Waals surface area contributed by atoms with Crippen LogP contribution in [0.25, 0.3) is 0 Å². The quantitative estimate of drug-likeness (QED) is 0.880. The second-order valence-corrected chi connectivity index (χ2v) is 5.49. The average Bonchev–Trinajstić information content (AvgIpc) is 2.38. The van der Waals surface area contributed by atoms with Crippen LogP contribution in [0, 0.1) is 17.6 Å². The summed E-state index contributed by atoms with van der Waals surface area (Å²) < 4.78 is 26.3. The lowest BCUT2D eigenvalue weighted by atomic mass is 9.86. The molecule has 2 nitrogen and oxygen atoms in total. The Hall–Kier alpha value is -1.00. The van der Waals surface area contributed by atoms with Gasteiger partial charge in [0, 0.05) is 24.8 Å². The third kappa shape index (κ3) is 3.98. The van der Waals surface area contributed by atoms with Crippen LogP contribution in [0.15, 0.2) is 18.2 Å². The van der Waals surface area contributed by atoms with E-state index in [9.17, 15) is 8.78 Å². The third-order valence-corrected chi connectivity index (χ3v) is 3.98. The summed E-state index contributed by atoms with van der Waals surface area (Å²) in [6.07, 6.45) is 4.04. The molecule has 1 fully saturated rings. The van der Waals surface area contributed by atoms with Crippen molar-refractivity contribution in [1.29, 1.82) is 0 Å². The minimum atomic E-state index is -0.535. The summed E-state index contributed by atoms with van der Waals surface area (Å²) in [5.41, 5.74) is 0.641. The number of benzene rings is 1. The first kappa shape index (κ1) is 14.4. The summed E-state index contributed by atoms with van der Waals surface area (Å²) in [4.78, 5) is 0. The summed E-state index contributed by atoms with van der Waals surface area (Å²) in [7, 11) is 0. The van der Waals surface area contributed by atoms with Gasteiger partial charge in [0.15, 0.2) is 0 Å². The van der Waals surface area contributed by atoms with Crippen LogP contribution in [0.1, 0.15) is 44.2 Å². The zero-order chi connectivity index (χ0) is 13.8. The third-order valence-electron chi connectivity index (χ3n) is 3.98. The lowest BCUT2D eigenvalue weighted by Crippen LogP contribution is -2.35. The van der Waals surface area contributed by atoms with Crippen LogP contribution < -0.4 is 5.32 Å². The second-order valence-electron chi connectivity index (χ2n) is 5.49. The average molecular weight is 269 g/mol. The van der Waals surface area contributed by atoms with Gasteiger partial charge in [-0.25, -0.2) is 8.78 Å². The van der Waals surface area contributed by atoms with Crippen molar-refractivity contribution < 1.29 is 13.9 Å². The van der Waals surface area contributed by atoms with E-state index in [0.29, 0.717) is 17.5 Å². The molecule has 1 aromatic rings. The number of hydrogen-bond donors (Lipinski definition) is 2. The maximum atomic E-state index is 13.2. The molecule has 1 aliphatic carbocycles. The van der Waals surface area contributed by atoms with Gasteiger partial charge in [-0.2, -0.15) is 0 Å². The highest BCUT2D eigenvalue weighted by Crippen LogP contribution is 2.26. The molecule has 1 aromatic carbocycles. The van der Waals surface area contributed by atoms with Crippen molar-refractivity contribution >= 4 is 0 Å². The molecule has 1 aliphatic rings. The van der Waals surface area contributed by atoms with Crippen molar-refractivity contribution in [3.8, 4) is 0 Å². The van der Waals surface area contributed by atoms with Crippen LogP contribution in [-0.2, 0) is 0 Å². The van der Waals surface area contributed by atoms with Crippen molar-refractivity contribution in [3.05, 3.63) is 35.4 Å². The molecule has 0 amide bonds. The summed E-state index contributed by atoms with van der Waals surface area (Å²) in [6.45, 7) is 2.18. The summed E-state index contributed by atoms with van der Waals surface area (Å²) in [6, 6.07) is 3.94. The van der Waals surface area contributed by atoms with Crippen LogP contribution in [0.4, 0.5) is 8.78 Å². The summed E-state index contributed by atoms with van der Waals surface area (Å²) in [5, 5.41) is 12.5. The van der Waals surface area contributed by atoms with Gasteiger partial charge in [0.2, 0.25) is 0 Å². The van der Waals surface area contributed by atoms with Crippen molar-refractivity contribution in [3.63, 3.8) is 0 Å². The Balaban J connectivity index is 1.92. The van der Waals surface area contributed by atoms with Gasteiger partial charge in [0.05, 0.1) is 0 Å². The van der Waals surface area contributed by atoms with E-state index in [2.05, 4.69) is 5.32 Å². The molecule has 4 heteroatoms. The number of nitrogens with one attached hydrogen (secondary N) is 1. The molecule has 0 heterocycles. The van der Waals surface area contributed by atoms with E-state index in [1.165, 1.54) is 12.1 Å². The van der Waals surface area contributed by atoms with Crippen molar-refractivity contribution in [2.75, 3.05) is 6.61 Å². The van der Waals surface area contributed by atoms with E-state index in [-0.39, 0.29) is 12.6 Å². The SMILES string of the molecule is CC(NC1CCC(CO)CC1)c1cc(F)cc(F)c1. The Kier molecular flexibility index (Phi) is 4.88. The molecule has 1 atom stereocenters. The summed E-state index contributed by atoms with van der Waals surface area (Å²) in [5.74, 6) is -0.653. The minimum Gasteiger partial charge on any atom is -0.396 e. The Labute approximate surface area is 112 Å². The molecule has 1 unspecified atom stereocenters. The Morgan fingerprint density at radius 3 is 2.26 bits per heavy atom. The van der Waals surface area contributed by atoms with E-state index in [1.54, 1.807) is 0 Å². The van der Waals surface area contributed by atoms with Crippen LogP contribution in [0.5, 0.6) is 0 Å². The molecular formula is C15H21F2NO.